The topological polar surface area (TPSA) is 81.1 Å². The molecule has 186 valence electrons. The first-order valence-corrected chi connectivity index (χ1v) is 13.5. The van der Waals surface area contributed by atoms with Crippen molar-refractivity contribution in [3.05, 3.63) is 96.0 Å². The van der Waals surface area contributed by atoms with Crippen LogP contribution in [0, 0.1) is 6.92 Å². The standard InChI is InChI=1S/C28H25N5O2S2/c1-19-26(21-9-5-3-6-10-21)33(32-22-11-7-4-8-12-22)28(29-19)37-18-25(34)31-27-30-24(17-36-27)20-13-15-23(35-2)16-14-20/h3-17,32H,18H2,1-2H3,(H,30,31,34). The quantitative estimate of drug-likeness (QED) is 0.210. The lowest BCUT2D eigenvalue weighted by atomic mass is 10.1. The van der Waals surface area contributed by atoms with Gasteiger partial charge in [0.1, 0.15) is 5.75 Å². The van der Waals surface area contributed by atoms with Gasteiger partial charge < -0.3 is 10.1 Å². The van der Waals surface area contributed by atoms with Gasteiger partial charge in [-0.2, -0.15) is 0 Å². The average Bonchev–Trinajstić information content (AvgIpc) is 3.52. The number of para-hydroxylation sites is 1. The van der Waals surface area contributed by atoms with Crippen LogP contribution in [0.4, 0.5) is 10.8 Å². The number of ether oxygens (including phenoxy) is 1. The van der Waals surface area contributed by atoms with Gasteiger partial charge in [-0.15, -0.1) is 11.3 Å². The third-order valence-electron chi connectivity index (χ3n) is 5.55. The summed E-state index contributed by atoms with van der Waals surface area (Å²) in [6.07, 6.45) is 0. The second-order valence-corrected chi connectivity index (χ2v) is 9.91. The zero-order chi connectivity index (χ0) is 25.6. The molecule has 0 aliphatic rings. The van der Waals surface area contributed by atoms with Crippen molar-refractivity contribution in [2.75, 3.05) is 23.6 Å². The molecule has 9 heteroatoms. The Hall–Kier alpha value is -4.08. The summed E-state index contributed by atoms with van der Waals surface area (Å²) in [7, 11) is 1.64. The number of aromatic nitrogens is 3. The molecule has 1 amide bonds. The van der Waals surface area contributed by atoms with E-state index in [-0.39, 0.29) is 11.7 Å². The van der Waals surface area contributed by atoms with Crippen molar-refractivity contribution in [1.82, 2.24) is 14.6 Å². The number of hydrogen-bond acceptors (Lipinski definition) is 7. The number of carbonyl (C=O) groups excluding carboxylic acids is 1. The number of hydrogen-bond donors (Lipinski definition) is 2. The molecule has 3 aromatic carbocycles. The molecule has 0 bridgehead atoms. The molecule has 0 radical (unpaired) electrons. The van der Waals surface area contributed by atoms with Gasteiger partial charge in [0.2, 0.25) is 5.91 Å². The summed E-state index contributed by atoms with van der Waals surface area (Å²) in [6, 6.07) is 27.7. The highest BCUT2D eigenvalue weighted by Crippen LogP contribution is 2.30. The molecule has 37 heavy (non-hydrogen) atoms. The maximum Gasteiger partial charge on any atom is 0.236 e. The van der Waals surface area contributed by atoms with Crippen LogP contribution in [0.2, 0.25) is 0 Å². The summed E-state index contributed by atoms with van der Waals surface area (Å²) in [5.74, 6) is 0.836. The first kappa shape index (κ1) is 24.6. The van der Waals surface area contributed by atoms with E-state index >= 15 is 0 Å². The van der Waals surface area contributed by atoms with Crippen LogP contribution < -0.4 is 15.5 Å². The second kappa shape index (κ2) is 11.3. The zero-order valence-corrected chi connectivity index (χ0v) is 22.0. The molecular formula is C28H25N5O2S2. The van der Waals surface area contributed by atoms with E-state index in [1.807, 2.05) is 89.8 Å². The van der Waals surface area contributed by atoms with Crippen LogP contribution in [0.5, 0.6) is 5.75 Å². The van der Waals surface area contributed by atoms with Crippen molar-refractivity contribution in [3.8, 4) is 28.3 Å². The first-order chi connectivity index (χ1) is 18.1. The molecule has 5 rings (SSSR count). The first-order valence-electron chi connectivity index (χ1n) is 11.6. The van der Waals surface area contributed by atoms with Crippen molar-refractivity contribution in [2.24, 2.45) is 0 Å². The van der Waals surface area contributed by atoms with Gasteiger partial charge in [-0.1, -0.05) is 60.3 Å². The molecule has 0 aliphatic heterocycles. The predicted molar refractivity (Wildman–Crippen MR) is 151 cm³/mol. The number of anilines is 2. The lowest BCUT2D eigenvalue weighted by molar-refractivity contribution is -0.113. The van der Waals surface area contributed by atoms with Crippen LogP contribution in [0.3, 0.4) is 0 Å². The van der Waals surface area contributed by atoms with Crippen LogP contribution in [0.15, 0.2) is 95.5 Å². The van der Waals surface area contributed by atoms with Gasteiger partial charge in [0.25, 0.3) is 0 Å². The van der Waals surface area contributed by atoms with E-state index in [9.17, 15) is 4.79 Å². The fourth-order valence-corrected chi connectivity index (χ4v) is 5.33. The highest BCUT2D eigenvalue weighted by molar-refractivity contribution is 7.99. The third-order valence-corrected chi connectivity index (χ3v) is 7.25. The number of aryl methyl sites for hydroxylation is 1. The minimum Gasteiger partial charge on any atom is -0.497 e. The molecule has 7 nitrogen and oxygen atoms in total. The number of methoxy groups -OCH3 is 1. The summed E-state index contributed by atoms with van der Waals surface area (Å²) in [5.41, 5.74) is 9.02. The van der Waals surface area contributed by atoms with Crippen LogP contribution in [-0.4, -0.2) is 33.4 Å². The normalized spacial score (nSPS) is 10.8. The lowest BCUT2D eigenvalue weighted by Gasteiger charge is -2.14. The van der Waals surface area contributed by atoms with Gasteiger partial charge in [0.05, 0.1) is 35.6 Å². The van der Waals surface area contributed by atoms with Crippen molar-refractivity contribution in [3.63, 3.8) is 0 Å². The SMILES string of the molecule is COc1ccc(-c2csc(NC(=O)CSc3nc(C)c(-c4ccccc4)n3Nc3ccccc3)n2)cc1. The number of thiazole rings is 1. The number of benzene rings is 3. The maximum absolute atomic E-state index is 12.8. The predicted octanol–water partition coefficient (Wildman–Crippen LogP) is 6.60. The Labute approximate surface area is 223 Å². The molecular weight excluding hydrogens is 502 g/mol. The summed E-state index contributed by atoms with van der Waals surface area (Å²) in [6.45, 7) is 1.98. The molecule has 0 saturated carbocycles. The van der Waals surface area contributed by atoms with Gasteiger partial charge in [0, 0.05) is 16.5 Å². The monoisotopic (exact) mass is 527 g/mol. The molecule has 5 aromatic rings. The van der Waals surface area contributed by atoms with E-state index in [2.05, 4.69) is 27.9 Å². The van der Waals surface area contributed by atoms with Crippen LogP contribution in [-0.2, 0) is 4.79 Å². The summed E-state index contributed by atoms with van der Waals surface area (Å²) in [5, 5.41) is 6.10. The van der Waals surface area contributed by atoms with Gasteiger partial charge in [0.15, 0.2) is 10.3 Å². The Kier molecular flexibility index (Phi) is 7.53. The summed E-state index contributed by atoms with van der Waals surface area (Å²) >= 11 is 2.77. The molecule has 0 unspecified atom stereocenters. The van der Waals surface area contributed by atoms with Gasteiger partial charge in [-0.05, 0) is 43.3 Å². The number of nitrogens with zero attached hydrogens (tertiary/aromatic N) is 3. The fourth-order valence-electron chi connectivity index (χ4n) is 3.79. The highest BCUT2D eigenvalue weighted by atomic mass is 32.2. The van der Waals surface area contributed by atoms with E-state index in [4.69, 9.17) is 9.72 Å². The number of carbonyl (C=O) groups is 1. The molecule has 2 N–H and O–H groups in total. The Bertz CT molecular complexity index is 1480. The van der Waals surface area contributed by atoms with E-state index < -0.39 is 0 Å². The maximum atomic E-state index is 12.8. The average molecular weight is 528 g/mol. The Morgan fingerprint density at radius 2 is 1.65 bits per heavy atom. The second-order valence-electron chi connectivity index (χ2n) is 8.11. The lowest BCUT2D eigenvalue weighted by Crippen LogP contribution is -2.16. The fraction of sp³-hybridized carbons (Fsp3) is 0.107. The van der Waals surface area contributed by atoms with E-state index in [0.717, 1.165) is 39.6 Å². The minimum absolute atomic E-state index is 0.145. The summed E-state index contributed by atoms with van der Waals surface area (Å²) in [4.78, 5) is 22.2. The van der Waals surface area contributed by atoms with Gasteiger partial charge in [-0.25, -0.2) is 14.6 Å². The van der Waals surface area contributed by atoms with Gasteiger partial charge >= 0.3 is 0 Å². The van der Waals surface area contributed by atoms with Crippen molar-refractivity contribution < 1.29 is 9.53 Å². The smallest absolute Gasteiger partial charge is 0.236 e. The third kappa shape index (κ3) is 5.84. The number of rotatable bonds is 9. The van der Waals surface area contributed by atoms with Crippen LogP contribution >= 0.6 is 23.1 Å². The molecule has 0 atom stereocenters. The van der Waals surface area contributed by atoms with Crippen LogP contribution in [0.25, 0.3) is 22.5 Å². The molecule has 0 fully saturated rings. The van der Waals surface area contributed by atoms with Crippen molar-refractivity contribution >= 4 is 39.8 Å². The Morgan fingerprint density at radius 1 is 0.946 bits per heavy atom. The highest BCUT2D eigenvalue weighted by Gasteiger charge is 2.18. The van der Waals surface area contributed by atoms with Gasteiger partial charge in [-0.3, -0.25) is 10.2 Å². The van der Waals surface area contributed by atoms with E-state index in [0.29, 0.717) is 10.3 Å². The molecule has 0 aliphatic carbocycles. The van der Waals surface area contributed by atoms with Crippen molar-refractivity contribution in [1.29, 1.82) is 0 Å². The Morgan fingerprint density at radius 3 is 2.35 bits per heavy atom. The molecule has 0 saturated heterocycles. The Balaban J connectivity index is 1.31. The molecule has 2 aromatic heterocycles. The minimum atomic E-state index is -0.145. The zero-order valence-electron chi connectivity index (χ0n) is 20.3. The largest absolute Gasteiger partial charge is 0.497 e. The number of nitrogens with one attached hydrogen (secondary N) is 2. The van der Waals surface area contributed by atoms with Crippen molar-refractivity contribution in [2.45, 2.75) is 12.1 Å². The summed E-state index contributed by atoms with van der Waals surface area (Å²) < 4.78 is 7.16. The molecule has 2 heterocycles. The number of imidazole rings is 1. The number of amides is 1. The van der Waals surface area contributed by atoms with E-state index in [1.165, 1.54) is 23.1 Å². The molecule has 0 spiro atoms. The number of thioether (sulfide) groups is 1. The van der Waals surface area contributed by atoms with Crippen LogP contribution in [0.1, 0.15) is 5.69 Å². The van der Waals surface area contributed by atoms with E-state index in [1.54, 1.807) is 7.11 Å².